The summed E-state index contributed by atoms with van der Waals surface area (Å²) >= 11 is 0. The number of carbonyl (C=O) groups excluding carboxylic acids is 1. The van der Waals surface area contributed by atoms with Crippen LogP contribution in [0.15, 0.2) is 41.5 Å². The molecule has 0 aromatic heterocycles. The summed E-state index contributed by atoms with van der Waals surface area (Å²) in [5.74, 6) is 1.52. The molecule has 0 aliphatic heterocycles. The lowest BCUT2D eigenvalue weighted by molar-refractivity contribution is -0.123. The molecule has 4 rings (SSSR count). The predicted octanol–water partition coefficient (Wildman–Crippen LogP) is 4.51. The van der Waals surface area contributed by atoms with Crippen molar-refractivity contribution >= 4 is 22.9 Å². The van der Waals surface area contributed by atoms with Gasteiger partial charge in [-0.1, -0.05) is 50.1 Å². The van der Waals surface area contributed by atoms with Crippen molar-refractivity contribution in [2.45, 2.75) is 39.5 Å². The summed E-state index contributed by atoms with van der Waals surface area (Å²) in [5, 5.41) is 6.48. The first-order valence-corrected chi connectivity index (χ1v) is 9.62. The van der Waals surface area contributed by atoms with Crippen LogP contribution in [0.1, 0.15) is 45.1 Å². The van der Waals surface area contributed by atoms with E-state index in [1.165, 1.54) is 19.3 Å². The lowest BCUT2D eigenvalue weighted by Crippen LogP contribution is -2.22. The van der Waals surface area contributed by atoms with Crippen molar-refractivity contribution in [3.8, 4) is 5.75 Å². The van der Waals surface area contributed by atoms with Crippen LogP contribution in [0.5, 0.6) is 5.75 Å². The lowest BCUT2D eigenvalue weighted by atomic mass is 9.90. The van der Waals surface area contributed by atoms with Crippen LogP contribution in [-0.4, -0.2) is 18.7 Å². The molecule has 3 atom stereocenters. The molecular weight excluding hydrogens is 324 g/mol. The summed E-state index contributed by atoms with van der Waals surface area (Å²) in [4.78, 5) is 12.6. The molecule has 4 heteroatoms. The first-order valence-electron chi connectivity index (χ1n) is 9.62. The van der Waals surface area contributed by atoms with Gasteiger partial charge in [-0.3, -0.25) is 4.79 Å². The molecule has 2 aliphatic carbocycles. The van der Waals surface area contributed by atoms with Gasteiger partial charge < -0.3 is 4.74 Å². The molecule has 0 unspecified atom stereocenters. The van der Waals surface area contributed by atoms with E-state index in [4.69, 9.17) is 4.74 Å². The minimum atomic E-state index is 0.0637. The number of ether oxygens (including phenoxy) is 1. The molecule has 0 saturated heterocycles. The van der Waals surface area contributed by atoms with Crippen molar-refractivity contribution < 1.29 is 9.53 Å². The highest BCUT2D eigenvalue weighted by molar-refractivity contribution is 6.02. The van der Waals surface area contributed by atoms with Crippen molar-refractivity contribution in [1.29, 1.82) is 0 Å². The van der Waals surface area contributed by atoms with Gasteiger partial charge in [-0.25, -0.2) is 5.43 Å². The van der Waals surface area contributed by atoms with E-state index < -0.39 is 0 Å². The molecule has 2 aliphatic rings. The number of hydrogen-bond acceptors (Lipinski definition) is 3. The number of hydrogen-bond donors (Lipinski definition) is 1. The van der Waals surface area contributed by atoms with Crippen LogP contribution in [0.2, 0.25) is 0 Å². The van der Waals surface area contributed by atoms with E-state index >= 15 is 0 Å². The number of hydrazone groups is 1. The molecule has 2 fully saturated rings. The summed E-state index contributed by atoms with van der Waals surface area (Å²) in [6.45, 7) is 4.81. The third kappa shape index (κ3) is 2.87. The molecule has 4 nitrogen and oxygen atoms in total. The van der Waals surface area contributed by atoms with E-state index in [2.05, 4.69) is 29.6 Å². The molecule has 136 valence electrons. The monoisotopic (exact) mass is 350 g/mol. The van der Waals surface area contributed by atoms with Crippen LogP contribution in [0.25, 0.3) is 10.8 Å². The zero-order chi connectivity index (χ0) is 18.1. The molecule has 0 heterocycles. The summed E-state index contributed by atoms with van der Waals surface area (Å²) in [7, 11) is 0. The van der Waals surface area contributed by atoms with Gasteiger partial charge in [0, 0.05) is 11.5 Å². The molecule has 1 amide bonds. The Kier molecular flexibility index (Phi) is 4.43. The maximum atomic E-state index is 12.6. The van der Waals surface area contributed by atoms with Gasteiger partial charge in [-0.15, -0.1) is 0 Å². The molecule has 2 saturated carbocycles. The number of carbonyl (C=O) groups is 1. The fraction of sp³-hybridized carbons (Fsp3) is 0.455. The summed E-state index contributed by atoms with van der Waals surface area (Å²) < 4.78 is 5.75. The van der Waals surface area contributed by atoms with E-state index in [0.717, 1.165) is 28.5 Å². The Bertz CT molecular complexity index is 860. The van der Waals surface area contributed by atoms with E-state index in [1.54, 1.807) is 6.21 Å². The fourth-order valence-corrected chi connectivity index (χ4v) is 4.77. The van der Waals surface area contributed by atoms with Crippen LogP contribution >= 0.6 is 0 Å². The van der Waals surface area contributed by atoms with E-state index in [9.17, 15) is 4.79 Å². The van der Waals surface area contributed by atoms with Crippen LogP contribution in [-0.2, 0) is 4.79 Å². The zero-order valence-corrected chi connectivity index (χ0v) is 15.5. The van der Waals surface area contributed by atoms with Gasteiger partial charge in [0.25, 0.3) is 0 Å². The summed E-state index contributed by atoms with van der Waals surface area (Å²) in [6.07, 6.45) is 6.56. The smallest absolute Gasteiger partial charge is 0.244 e. The van der Waals surface area contributed by atoms with Gasteiger partial charge >= 0.3 is 0 Å². The first-order chi connectivity index (χ1) is 12.6. The topological polar surface area (TPSA) is 50.7 Å². The largest absolute Gasteiger partial charge is 0.493 e. The van der Waals surface area contributed by atoms with E-state index in [-0.39, 0.29) is 17.2 Å². The minimum absolute atomic E-state index is 0.0637. The first kappa shape index (κ1) is 17.1. The second-order valence-corrected chi connectivity index (χ2v) is 7.70. The Hall–Kier alpha value is -2.36. The number of amides is 1. The average Bonchev–Trinajstić information content (AvgIpc) is 3.29. The maximum absolute atomic E-state index is 12.6. The van der Waals surface area contributed by atoms with Gasteiger partial charge in [-0.05, 0) is 47.9 Å². The molecular formula is C22H26N2O2. The zero-order valence-electron chi connectivity index (χ0n) is 15.5. The van der Waals surface area contributed by atoms with E-state index in [1.807, 2.05) is 31.2 Å². The number of nitrogens with zero attached hydrogens (tertiary/aromatic N) is 1. The molecule has 1 N–H and O–H groups in total. The van der Waals surface area contributed by atoms with E-state index in [0.29, 0.717) is 12.5 Å². The lowest BCUT2D eigenvalue weighted by Gasteiger charge is -2.15. The number of fused-ring (bicyclic) bond motifs is 2. The SMILES string of the molecule is CCOc1ccc2ccccc2c1/C=N/NC(=O)[C@@H]1[C@@H]2CCCC[C@@]12C. The Morgan fingerprint density at radius 1 is 1.31 bits per heavy atom. The highest BCUT2D eigenvalue weighted by atomic mass is 16.5. The van der Waals surface area contributed by atoms with Crippen LogP contribution in [0, 0.1) is 17.3 Å². The molecule has 0 bridgehead atoms. The quantitative estimate of drug-likeness (QED) is 0.637. The third-order valence-electron chi connectivity index (χ3n) is 6.21. The van der Waals surface area contributed by atoms with Crippen molar-refractivity contribution in [1.82, 2.24) is 5.43 Å². The minimum Gasteiger partial charge on any atom is -0.493 e. The second-order valence-electron chi connectivity index (χ2n) is 7.70. The summed E-state index contributed by atoms with van der Waals surface area (Å²) in [6, 6.07) is 12.1. The van der Waals surface area contributed by atoms with Crippen molar-refractivity contribution in [3.63, 3.8) is 0 Å². The molecule has 0 spiro atoms. The number of benzene rings is 2. The third-order valence-corrected chi connectivity index (χ3v) is 6.21. The van der Waals surface area contributed by atoms with Crippen LogP contribution in [0.3, 0.4) is 0 Å². The molecule has 2 aromatic carbocycles. The van der Waals surface area contributed by atoms with Gasteiger partial charge in [0.15, 0.2) is 0 Å². The molecule has 0 radical (unpaired) electrons. The standard InChI is InChI=1S/C22H26N2O2/c1-3-26-19-12-11-15-8-4-5-9-16(15)17(19)14-23-24-21(25)20-18-10-6-7-13-22(18,20)2/h4-5,8-9,11-12,14,18,20H,3,6-7,10,13H2,1-2H3,(H,24,25)/b23-14+/t18-,20-,22+/m0/s1. The van der Waals surface area contributed by atoms with Crippen molar-refractivity contribution in [3.05, 3.63) is 42.0 Å². The second kappa shape index (κ2) is 6.75. The Morgan fingerprint density at radius 2 is 2.15 bits per heavy atom. The van der Waals surface area contributed by atoms with Gasteiger partial charge in [0.1, 0.15) is 5.75 Å². The molecule has 26 heavy (non-hydrogen) atoms. The molecule has 2 aromatic rings. The highest BCUT2D eigenvalue weighted by Crippen LogP contribution is 2.66. The number of nitrogens with one attached hydrogen (secondary N) is 1. The maximum Gasteiger partial charge on any atom is 0.244 e. The highest BCUT2D eigenvalue weighted by Gasteiger charge is 2.64. The average molecular weight is 350 g/mol. The van der Waals surface area contributed by atoms with Crippen molar-refractivity contribution in [2.75, 3.05) is 6.61 Å². The Balaban J connectivity index is 1.53. The normalized spacial score (nSPS) is 27.3. The Labute approximate surface area is 154 Å². The van der Waals surface area contributed by atoms with Crippen LogP contribution < -0.4 is 10.2 Å². The predicted molar refractivity (Wildman–Crippen MR) is 104 cm³/mol. The van der Waals surface area contributed by atoms with Crippen LogP contribution in [0.4, 0.5) is 0 Å². The van der Waals surface area contributed by atoms with Crippen molar-refractivity contribution in [2.24, 2.45) is 22.4 Å². The fourth-order valence-electron chi connectivity index (χ4n) is 4.77. The number of rotatable bonds is 5. The summed E-state index contributed by atoms with van der Waals surface area (Å²) in [5.41, 5.74) is 3.89. The van der Waals surface area contributed by atoms with Gasteiger partial charge in [0.05, 0.1) is 12.8 Å². The van der Waals surface area contributed by atoms with Gasteiger partial charge in [-0.2, -0.15) is 5.10 Å². The Morgan fingerprint density at radius 3 is 2.92 bits per heavy atom. The van der Waals surface area contributed by atoms with Gasteiger partial charge in [0.2, 0.25) is 5.91 Å².